The van der Waals surface area contributed by atoms with E-state index in [0.717, 1.165) is 6.42 Å². The average molecular weight is 496 g/mol. The summed E-state index contributed by atoms with van der Waals surface area (Å²) in [7, 11) is 1.59. The van der Waals surface area contributed by atoms with Gasteiger partial charge in [-0.1, -0.05) is 44.7 Å². The fourth-order valence-electron chi connectivity index (χ4n) is 3.94. The van der Waals surface area contributed by atoms with Gasteiger partial charge in [0, 0.05) is 37.7 Å². The SMILES string of the molecule is CC(C)CC#Cc1cnc2c(c1)C(=O)N([C@@H](C)CO)C[C@@H](C)[C@H](CN(C)C(=O)c1ccccc1F)O2. The zero-order chi connectivity index (χ0) is 26.4. The molecule has 3 rings (SSSR count). The zero-order valence-corrected chi connectivity index (χ0v) is 21.5. The first-order chi connectivity index (χ1) is 17.1. The number of hydrogen-bond acceptors (Lipinski definition) is 5. The van der Waals surface area contributed by atoms with Crippen LogP contribution in [0.1, 0.15) is 60.4 Å². The van der Waals surface area contributed by atoms with Gasteiger partial charge >= 0.3 is 0 Å². The molecule has 2 aromatic rings. The first-order valence-corrected chi connectivity index (χ1v) is 12.2. The molecular weight excluding hydrogens is 461 g/mol. The van der Waals surface area contributed by atoms with Gasteiger partial charge in [-0.25, -0.2) is 9.37 Å². The van der Waals surface area contributed by atoms with Gasteiger partial charge in [-0.3, -0.25) is 9.59 Å². The summed E-state index contributed by atoms with van der Waals surface area (Å²) in [5.74, 6) is 5.16. The van der Waals surface area contributed by atoms with Gasteiger partial charge in [-0.05, 0) is 31.0 Å². The second-order valence-electron chi connectivity index (χ2n) is 9.76. The maximum Gasteiger partial charge on any atom is 0.259 e. The van der Waals surface area contributed by atoms with Crippen LogP contribution in [0.2, 0.25) is 0 Å². The lowest BCUT2D eigenvalue weighted by atomic mass is 9.99. The third kappa shape index (κ3) is 6.41. The molecule has 36 heavy (non-hydrogen) atoms. The average Bonchev–Trinajstić information content (AvgIpc) is 2.85. The molecule has 2 amide bonds. The number of nitrogens with zero attached hydrogens (tertiary/aromatic N) is 3. The summed E-state index contributed by atoms with van der Waals surface area (Å²) in [4.78, 5) is 33.8. The summed E-state index contributed by atoms with van der Waals surface area (Å²) >= 11 is 0. The minimum Gasteiger partial charge on any atom is -0.472 e. The number of fused-ring (bicyclic) bond motifs is 1. The predicted octanol–water partition coefficient (Wildman–Crippen LogP) is 3.61. The standard InChI is InChI=1S/C28H34FN3O4/c1-18(2)9-8-10-21-13-23-26(30-14-21)36-25(19(3)15-32(28(23)35)20(4)17-33)16-31(5)27(34)22-11-6-7-12-24(22)29/h6-7,11-14,18-20,25,33H,9,15-17H2,1-5H3/t19-,20+,25+/m1/s1. The quantitative estimate of drug-likeness (QED) is 0.619. The van der Waals surface area contributed by atoms with E-state index in [4.69, 9.17) is 4.74 Å². The molecular formula is C28H34FN3O4. The van der Waals surface area contributed by atoms with Crippen LogP contribution in [-0.4, -0.2) is 70.6 Å². The molecule has 2 heterocycles. The van der Waals surface area contributed by atoms with E-state index >= 15 is 0 Å². The number of pyridine rings is 1. The van der Waals surface area contributed by atoms with Gasteiger partial charge in [0.05, 0.1) is 24.8 Å². The van der Waals surface area contributed by atoms with Crippen LogP contribution in [0.3, 0.4) is 0 Å². The molecule has 1 N–H and O–H groups in total. The molecule has 1 aliphatic heterocycles. The molecule has 0 saturated heterocycles. The van der Waals surface area contributed by atoms with Crippen molar-refractivity contribution in [2.45, 2.75) is 46.3 Å². The Balaban J connectivity index is 1.94. The van der Waals surface area contributed by atoms with E-state index in [2.05, 4.69) is 30.7 Å². The summed E-state index contributed by atoms with van der Waals surface area (Å²) in [5, 5.41) is 9.81. The van der Waals surface area contributed by atoms with E-state index < -0.39 is 23.9 Å². The second-order valence-corrected chi connectivity index (χ2v) is 9.76. The largest absolute Gasteiger partial charge is 0.472 e. The number of ether oxygens (including phenoxy) is 1. The lowest BCUT2D eigenvalue weighted by Crippen LogP contribution is -2.50. The molecule has 8 heteroatoms. The van der Waals surface area contributed by atoms with Gasteiger partial charge in [0.1, 0.15) is 17.5 Å². The fourth-order valence-corrected chi connectivity index (χ4v) is 3.94. The fraction of sp³-hybridized carbons (Fsp3) is 0.464. The first-order valence-electron chi connectivity index (χ1n) is 12.2. The van der Waals surface area contributed by atoms with Crippen molar-refractivity contribution in [2.24, 2.45) is 11.8 Å². The Morgan fingerprint density at radius 2 is 2.06 bits per heavy atom. The maximum absolute atomic E-state index is 14.2. The monoisotopic (exact) mass is 495 g/mol. The van der Waals surface area contributed by atoms with Gasteiger partial charge in [0.15, 0.2) is 0 Å². The molecule has 0 spiro atoms. The Labute approximate surface area is 212 Å². The highest BCUT2D eigenvalue weighted by atomic mass is 19.1. The number of amides is 2. The minimum absolute atomic E-state index is 0.0210. The van der Waals surface area contributed by atoms with E-state index in [9.17, 15) is 19.1 Å². The molecule has 3 atom stereocenters. The number of carbonyl (C=O) groups is 2. The number of aliphatic hydroxyl groups excluding tert-OH is 1. The zero-order valence-electron chi connectivity index (χ0n) is 21.5. The van der Waals surface area contributed by atoms with E-state index in [1.807, 2.05) is 6.92 Å². The number of aromatic nitrogens is 1. The number of benzene rings is 1. The van der Waals surface area contributed by atoms with Crippen LogP contribution in [-0.2, 0) is 0 Å². The van der Waals surface area contributed by atoms with Crippen LogP contribution < -0.4 is 4.74 Å². The Morgan fingerprint density at radius 3 is 2.72 bits per heavy atom. The highest BCUT2D eigenvalue weighted by Gasteiger charge is 2.35. The Hall–Kier alpha value is -3.44. The summed E-state index contributed by atoms with van der Waals surface area (Å²) in [6.45, 7) is 8.09. The smallest absolute Gasteiger partial charge is 0.259 e. The van der Waals surface area contributed by atoms with Crippen LogP contribution >= 0.6 is 0 Å². The van der Waals surface area contributed by atoms with Gasteiger partial charge < -0.3 is 19.6 Å². The van der Waals surface area contributed by atoms with Crippen LogP contribution in [0.5, 0.6) is 5.88 Å². The maximum atomic E-state index is 14.2. The van der Waals surface area contributed by atoms with Crippen LogP contribution in [0.15, 0.2) is 36.5 Å². The van der Waals surface area contributed by atoms with Crippen LogP contribution in [0.4, 0.5) is 4.39 Å². The third-order valence-corrected chi connectivity index (χ3v) is 6.17. The first kappa shape index (κ1) is 27.2. The Bertz CT molecular complexity index is 1160. The molecule has 0 bridgehead atoms. The molecule has 0 radical (unpaired) electrons. The van der Waals surface area contributed by atoms with Crippen LogP contribution in [0, 0.1) is 29.5 Å². The second kappa shape index (κ2) is 12.0. The molecule has 0 aliphatic carbocycles. The predicted molar refractivity (Wildman–Crippen MR) is 135 cm³/mol. The van der Waals surface area contributed by atoms with E-state index in [-0.39, 0.29) is 42.0 Å². The van der Waals surface area contributed by atoms with Gasteiger partial charge in [0.2, 0.25) is 5.88 Å². The summed E-state index contributed by atoms with van der Waals surface area (Å²) in [5.41, 5.74) is 0.832. The van der Waals surface area contributed by atoms with Crippen molar-refractivity contribution >= 4 is 11.8 Å². The van der Waals surface area contributed by atoms with Crippen molar-refractivity contribution < 1.29 is 23.8 Å². The summed E-state index contributed by atoms with van der Waals surface area (Å²) in [6.07, 6.45) is 1.75. The summed E-state index contributed by atoms with van der Waals surface area (Å²) < 4.78 is 20.4. The van der Waals surface area contributed by atoms with Crippen molar-refractivity contribution in [1.29, 1.82) is 0 Å². The van der Waals surface area contributed by atoms with Crippen molar-refractivity contribution in [3.63, 3.8) is 0 Å². The third-order valence-electron chi connectivity index (χ3n) is 6.17. The molecule has 1 aliphatic rings. The van der Waals surface area contributed by atoms with E-state index in [1.54, 1.807) is 37.2 Å². The van der Waals surface area contributed by atoms with Crippen LogP contribution in [0.25, 0.3) is 0 Å². The van der Waals surface area contributed by atoms with Gasteiger partial charge in [-0.15, -0.1) is 0 Å². The highest BCUT2D eigenvalue weighted by molar-refractivity contribution is 5.97. The van der Waals surface area contributed by atoms with Crippen molar-refractivity contribution in [2.75, 3.05) is 26.7 Å². The number of aliphatic hydroxyl groups is 1. The molecule has 0 saturated carbocycles. The summed E-state index contributed by atoms with van der Waals surface area (Å²) in [6, 6.07) is 7.07. The molecule has 1 aromatic carbocycles. The van der Waals surface area contributed by atoms with Crippen molar-refractivity contribution in [3.8, 4) is 17.7 Å². The van der Waals surface area contributed by atoms with Crippen molar-refractivity contribution in [3.05, 3.63) is 59.0 Å². The normalized spacial score (nSPS) is 18.3. The molecule has 0 fully saturated rings. The van der Waals surface area contributed by atoms with Gasteiger partial charge in [-0.2, -0.15) is 0 Å². The number of carbonyl (C=O) groups excluding carboxylic acids is 2. The van der Waals surface area contributed by atoms with Crippen molar-refractivity contribution in [1.82, 2.24) is 14.8 Å². The molecule has 192 valence electrons. The minimum atomic E-state index is -0.590. The topological polar surface area (TPSA) is 83.0 Å². The van der Waals surface area contributed by atoms with Gasteiger partial charge in [0.25, 0.3) is 11.8 Å². The number of likely N-dealkylation sites (N-methyl/N-ethyl adjacent to an activating group) is 1. The molecule has 0 unspecified atom stereocenters. The lowest BCUT2D eigenvalue weighted by Gasteiger charge is -2.37. The lowest BCUT2D eigenvalue weighted by molar-refractivity contribution is 0.0312. The number of hydrogen-bond donors (Lipinski definition) is 1. The number of halogens is 1. The Morgan fingerprint density at radius 1 is 1.33 bits per heavy atom. The Kier molecular flexibility index (Phi) is 9.05. The molecule has 1 aromatic heterocycles. The number of rotatable bonds is 6. The molecule has 7 nitrogen and oxygen atoms in total. The van der Waals surface area contributed by atoms with E-state index in [0.29, 0.717) is 18.0 Å². The highest BCUT2D eigenvalue weighted by Crippen LogP contribution is 2.27. The van der Waals surface area contributed by atoms with E-state index in [1.165, 1.54) is 23.1 Å².